The minimum atomic E-state index is -0.788. The van der Waals surface area contributed by atoms with Crippen LogP contribution in [0.25, 0.3) is 0 Å². The standard InChI is InChI=1S/C9H14O2/c1-3-5-6-7-8(4-2)9(10)11/h3-4,8H,1-2,5-7H2,(H,10,11)/t8-/m0/s1. The van der Waals surface area contributed by atoms with Gasteiger partial charge in [-0.15, -0.1) is 13.2 Å². The average molecular weight is 154 g/mol. The summed E-state index contributed by atoms with van der Waals surface area (Å²) in [5, 5.41) is 8.58. The number of rotatable bonds is 6. The first-order valence-electron chi connectivity index (χ1n) is 3.68. The van der Waals surface area contributed by atoms with Crippen molar-refractivity contribution in [2.45, 2.75) is 19.3 Å². The van der Waals surface area contributed by atoms with Gasteiger partial charge in [-0.05, 0) is 19.3 Å². The number of aliphatic carboxylic acids is 1. The molecule has 0 unspecified atom stereocenters. The van der Waals surface area contributed by atoms with Crippen LogP contribution in [0, 0.1) is 5.92 Å². The van der Waals surface area contributed by atoms with E-state index < -0.39 is 11.9 Å². The molecule has 0 aromatic heterocycles. The molecule has 0 fully saturated rings. The van der Waals surface area contributed by atoms with Crippen molar-refractivity contribution in [3.05, 3.63) is 25.3 Å². The zero-order valence-electron chi connectivity index (χ0n) is 6.62. The highest BCUT2D eigenvalue weighted by atomic mass is 16.4. The van der Waals surface area contributed by atoms with Gasteiger partial charge in [0.2, 0.25) is 0 Å². The Labute approximate surface area is 67.2 Å². The van der Waals surface area contributed by atoms with E-state index in [2.05, 4.69) is 13.2 Å². The van der Waals surface area contributed by atoms with Crippen molar-refractivity contribution in [1.29, 1.82) is 0 Å². The summed E-state index contributed by atoms with van der Waals surface area (Å²) in [5.41, 5.74) is 0. The van der Waals surface area contributed by atoms with Gasteiger partial charge in [-0.25, -0.2) is 0 Å². The van der Waals surface area contributed by atoms with Gasteiger partial charge >= 0.3 is 5.97 Å². The Hall–Kier alpha value is -1.05. The molecule has 0 aromatic carbocycles. The minimum Gasteiger partial charge on any atom is -0.481 e. The molecule has 0 bridgehead atoms. The molecule has 0 amide bonds. The smallest absolute Gasteiger partial charge is 0.310 e. The molecule has 0 rings (SSSR count). The molecule has 0 heterocycles. The Bertz CT molecular complexity index is 150. The summed E-state index contributed by atoms with van der Waals surface area (Å²) in [6, 6.07) is 0. The van der Waals surface area contributed by atoms with Crippen LogP contribution in [0.3, 0.4) is 0 Å². The van der Waals surface area contributed by atoms with Crippen molar-refractivity contribution in [2.75, 3.05) is 0 Å². The zero-order valence-corrected chi connectivity index (χ0v) is 6.62. The van der Waals surface area contributed by atoms with E-state index in [0.717, 1.165) is 12.8 Å². The molecule has 62 valence electrons. The first-order valence-corrected chi connectivity index (χ1v) is 3.68. The number of hydrogen-bond acceptors (Lipinski definition) is 1. The van der Waals surface area contributed by atoms with Crippen LogP contribution in [0.5, 0.6) is 0 Å². The van der Waals surface area contributed by atoms with Crippen molar-refractivity contribution in [1.82, 2.24) is 0 Å². The highest BCUT2D eigenvalue weighted by Gasteiger charge is 2.10. The van der Waals surface area contributed by atoms with E-state index in [1.165, 1.54) is 6.08 Å². The van der Waals surface area contributed by atoms with Crippen LogP contribution in [0.2, 0.25) is 0 Å². The van der Waals surface area contributed by atoms with Gasteiger partial charge in [-0.3, -0.25) is 4.79 Å². The molecule has 0 saturated heterocycles. The molecule has 2 heteroatoms. The quantitative estimate of drug-likeness (QED) is 0.470. The molecule has 1 atom stereocenters. The maximum atomic E-state index is 10.4. The second kappa shape index (κ2) is 5.71. The molecule has 0 aliphatic carbocycles. The number of allylic oxidation sites excluding steroid dienone is 1. The molecule has 0 aromatic rings. The number of carbonyl (C=O) groups is 1. The molecule has 0 aliphatic heterocycles. The molecule has 0 spiro atoms. The second-order valence-corrected chi connectivity index (χ2v) is 2.40. The van der Waals surface area contributed by atoms with Gasteiger partial charge in [0.05, 0.1) is 5.92 Å². The highest BCUT2D eigenvalue weighted by Crippen LogP contribution is 2.09. The molecule has 1 N–H and O–H groups in total. The first kappa shape index (κ1) is 9.95. The molecule has 11 heavy (non-hydrogen) atoms. The summed E-state index contributed by atoms with van der Waals surface area (Å²) < 4.78 is 0. The third-order valence-electron chi connectivity index (χ3n) is 1.53. The van der Waals surface area contributed by atoms with Crippen molar-refractivity contribution in [2.24, 2.45) is 5.92 Å². The Kier molecular flexibility index (Phi) is 5.17. The third kappa shape index (κ3) is 4.37. The van der Waals surface area contributed by atoms with Crippen LogP contribution in [0.15, 0.2) is 25.3 Å². The largest absolute Gasteiger partial charge is 0.481 e. The summed E-state index contributed by atoms with van der Waals surface area (Å²) in [5.74, 6) is -1.18. The van der Waals surface area contributed by atoms with Gasteiger partial charge in [0.25, 0.3) is 0 Å². The van der Waals surface area contributed by atoms with Gasteiger partial charge < -0.3 is 5.11 Å². The first-order chi connectivity index (χ1) is 5.22. The van der Waals surface area contributed by atoms with Crippen LogP contribution >= 0.6 is 0 Å². The SMILES string of the molecule is C=CCCC[C@H](C=C)C(=O)O. The van der Waals surface area contributed by atoms with Crippen molar-refractivity contribution >= 4 is 5.97 Å². The number of hydrogen-bond donors (Lipinski definition) is 1. The molecular weight excluding hydrogens is 140 g/mol. The highest BCUT2D eigenvalue weighted by molar-refractivity contribution is 5.71. The number of carboxylic acids is 1. The lowest BCUT2D eigenvalue weighted by Gasteiger charge is -2.04. The van der Waals surface area contributed by atoms with Gasteiger partial charge in [0.15, 0.2) is 0 Å². The third-order valence-corrected chi connectivity index (χ3v) is 1.53. The van der Waals surface area contributed by atoms with E-state index in [1.807, 2.05) is 0 Å². The average Bonchev–Trinajstić information content (AvgIpc) is 1.97. The van der Waals surface area contributed by atoms with E-state index in [4.69, 9.17) is 5.11 Å². The Morgan fingerprint density at radius 2 is 2.18 bits per heavy atom. The molecular formula is C9H14O2. The van der Waals surface area contributed by atoms with E-state index >= 15 is 0 Å². The molecule has 2 nitrogen and oxygen atoms in total. The maximum Gasteiger partial charge on any atom is 0.310 e. The van der Waals surface area contributed by atoms with Gasteiger partial charge in [-0.1, -0.05) is 12.2 Å². The van der Waals surface area contributed by atoms with Gasteiger partial charge in [0, 0.05) is 0 Å². The van der Waals surface area contributed by atoms with Gasteiger partial charge in [-0.2, -0.15) is 0 Å². The fraction of sp³-hybridized carbons (Fsp3) is 0.444. The fourth-order valence-corrected chi connectivity index (χ4v) is 0.824. The summed E-state index contributed by atoms with van der Waals surface area (Å²) >= 11 is 0. The van der Waals surface area contributed by atoms with E-state index in [-0.39, 0.29) is 0 Å². The summed E-state index contributed by atoms with van der Waals surface area (Å²) in [6.45, 7) is 7.01. The molecule has 0 aliphatic rings. The van der Waals surface area contributed by atoms with Crippen LogP contribution in [-0.4, -0.2) is 11.1 Å². The predicted molar refractivity (Wildman–Crippen MR) is 45.4 cm³/mol. The second-order valence-electron chi connectivity index (χ2n) is 2.40. The molecule has 0 saturated carbocycles. The summed E-state index contributed by atoms with van der Waals surface area (Å²) in [6.07, 6.45) is 5.67. The topological polar surface area (TPSA) is 37.3 Å². The zero-order chi connectivity index (χ0) is 8.69. The lowest BCUT2D eigenvalue weighted by atomic mass is 10.0. The number of unbranched alkanes of at least 4 members (excludes halogenated alkanes) is 1. The predicted octanol–water partition coefficient (Wildman–Crippen LogP) is 2.23. The minimum absolute atomic E-state index is 0.394. The van der Waals surface area contributed by atoms with Gasteiger partial charge in [0.1, 0.15) is 0 Å². The lowest BCUT2D eigenvalue weighted by molar-refractivity contribution is -0.140. The van der Waals surface area contributed by atoms with Crippen LogP contribution in [-0.2, 0) is 4.79 Å². The van der Waals surface area contributed by atoms with Crippen molar-refractivity contribution < 1.29 is 9.90 Å². The molecule has 0 radical (unpaired) electrons. The van der Waals surface area contributed by atoms with Crippen LogP contribution < -0.4 is 0 Å². The van der Waals surface area contributed by atoms with Crippen LogP contribution in [0.4, 0.5) is 0 Å². The van der Waals surface area contributed by atoms with Crippen LogP contribution in [0.1, 0.15) is 19.3 Å². The fourth-order valence-electron chi connectivity index (χ4n) is 0.824. The van der Waals surface area contributed by atoms with Crippen molar-refractivity contribution in [3.8, 4) is 0 Å². The Balaban J connectivity index is 3.60. The summed E-state index contributed by atoms with van der Waals surface area (Å²) in [4.78, 5) is 10.4. The Morgan fingerprint density at radius 1 is 1.55 bits per heavy atom. The van der Waals surface area contributed by atoms with Crippen molar-refractivity contribution in [3.63, 3.8) is 0 Å². The van der Waals surface area contributed by atoms with E-state index in [0.29, 0.717) is 6.42 Å². The number of carboxylic acid groups (broad SMARTS) is 1. The van der Waals surface area contributed by atoms with E-state index in [9.17, 15) is 4.79 Å². The maximum absolute atomic E-state index is 10.4. The lowest BCUT2D eigenvalue weighted by Crippen LogP contribution is -2.09. The normalized spacial score (nSPS) is 12.0. The Morgan fingerprint density at radius 3 is 2.55 bits per heavy atom. The summed E-state index contributed by atoms with van der Waals surface area (Å²) in [7, 11) is 0. The van der Waals surface area contributed by atoms with E-state index in [1.54, 1.807) is 6.08 Å². The monoisotopic (exact) mass is 154 g/mol.